The van der Waals surface area contributed by atoms with Crippen LogP contribution in [-0.4, -0.2) is 26.6 Å². The van der Waals surface area contributed by atoms with Crippen molar-refractivity contribution in [1.29, 1.82) is 0 Å². The molecule has 0 aliphatic rings. The minimum atomic E-state index is 0.432. The first-order valence-corrected chi connectivity index (χ1v) is 5.82. The number of hydrogen-bond donors (Lipinski definition) is 1. The second-order valence-corrected chi connectivity index (χ2v) is 4.50. The molecule has 0 atom stereocenters. The van der Waals surface area contributed by atoms with Crippen LogP contribution in [0.4, 0.5) is 11.6 Å². The van der Waals surface area contributed by atoms with Crippen LogP contribution in [0.15, 0.2) is 23.2 Å². The number of rotatable bonds is 3. The summed E-state index contributed by atoms with van der Waals surface area (Å²) in [6, 6.07) is 0. The summed E-state index contributed by atoms with van der Waals surface area (Å²) < 4.78 is 2.67. The van der Waals surface area contributed by atoms with E-state index < -0.39 is 0 Å². The van der Waals surface area contributed by atoms with Gasteiger partial charge in [0.05, 0.1) is 6.54 Å². The smallest absolute Gasteiger partial charge is 0.148 e. The highest BCUT2D eigenvalue weighted by atomic mass is 79.9. The minimum absolute atomic E-state index is 0.432. The van der Waals surface area contributed by atoms with Crippen LogP contribution in [0, 0.1) is 0 Å². The summed E-state index contributed by atoms with van der Waals surface area (Å²) in [6.45, 7) is 0.651. The van der Waals surface area contributed by atoms with Crippen LogP contribution < -0.4 is 10.6 Å². The van der Waals surface area contributed by atoms with Crippen molar-refractivity contribution in [2.24, 2.45) is 7.05 Å². The fraction of sp³-hybridized carbons (Fsp3) is 0.300. The lowest BCUT2D eigenvalue weighted by Crippen LogP contribution is -2.21. The van der Waals surface area contributed by atoms with Gasteiger partial charge in [-0.05, 0) is 15.9 Å². The first kappa shape index (κ1) is 11.8. The van der Waals surface area contributed by atoms with Crippen LogP contribution >= 0.6 is 15.9 Å². The number of aromatic nitrogens is 4. The number of anilines is 2. The maximum atomic E-state index is 5.72. The number of aryl methyl sites for hydroxylation is 1. The molecule has 2 aromatic heterocycles. The maximum Gasteiger partial charge on any atom is 0.148 e. The highest BCUT2D eigenvalue weighted by Crippen LogP contribution is 2.27. The first-order valence-electron chi connectivity index (χ1n) is 5.03. The van der Waals surface area contributed by atoms with E-state index in [1.807, 2.05) is 29.8 Å². The zero-order valence-corrected chi connectivity index (χ0v) is 11.2. The first-order chi connectivity index (χ1) is 8.09. The summed E-state index contributed by atoms with van der Waals surface area (Å²) >= 11 is 3.38. The van der Waals surface area contributed by atoms with E-state index >= 15 is 0 Å². The summed E-state index contributed by atoms with van der Waals surface area (Å²) in [5, 5.41) is 0. The number of nitrogen functional groups attached to an aromatic ring is 1. The number of nitrogens with zero attached hydrogens (tertiary/aromatic N) is 5. The Labute approximate surface area is 108 Å². The average molecular weight is 297 g/mol. The molecule has 0 aliphatic heterocycles. The van der Waals surface area contributed by atoms with Gasteiger partial charge in [0.25, 0.3) is 0 Å². The highest BCUT2D eigenvalue weighted by molar-refractivity contribution is 9.10. The molecule has 0 spiro atoms. The lowest BCUT2D eigenvalue weighted by Gasteiger charge is -2.19. The van der Waals surface area contributed by atoms with E-state index in [4.69, 9.17) is 5.73 Å². The average Bonchev–Trinajstić information content (AvgIpc) is 2.68. The van der Waals surface area contributed by atoms with Gasteiger partial charge in [0.2, 0.25) is 0 Å². The van der Waals surface area contributed by atoms with Crippen molar-refractivity contribution in [2.45, 2.75) is 6.54 Å². The van der Waals surface area contributed by atoms with Gasteiger partial charge in [-0.2, -0.15) is 0 Å². The van der Waals surface area contributed by atoms with Crippen molar-refractivity contribution < 1.29 is 0 Å². The van der Waals surface area contributed by atoms with Gasteiger partial charge in [-0.1, -0.05) is 0 Å². The zero-order chi connectivity index (χ0) is 12.4. The van der Waals surface area contributed by atoms with Crippen LogP contribution in [0.25, 0.3) is 0 Å². The maximum absolute atomic E-state index is 5.72. The summed E-state index contributed by atoms with van der Waals surface area (Å²) in [4.78, 5) is 14.3. The third-order valence-electron chi connectivity index (χ3n) is 2.46. The van der Waals surface area contributed by atoms with Crippen LogP contribution in [-0.2, 0) is 13.6 Å². The zero-order valence-electron chi connectivity index (χ0n) is 9.63. The second-order valence-electron chi connectivity index (χ2n) is 3.71. The van der Waals surface area contributed by atoms with E-state index in [1.165, 1.54) is 6.33 Å². The number of hydrogen-bond acceptors (Lipinski definition) is 5. The second kappa shape index (κ2) is 4.70. The summed E-state index contributed by atoms with van der Waals surface area (Å²) in [6.07, 6.45) is 5.13. The van der Waals surface area contributed by atoms with E-state index in [0.29, 0.717) is 16.8 Å². The molecule has 90 valence electrons. The van der Waals surface area contributed by atoms with Gasteiger partial charge in [0.1, 0.15) is 28.3 Å². The molecule has 0 bridgehead atoms. The Bertz CT molecular complexity index is 523. The monoisotopic (exact) mass is 296 g/mol. The molecule has 17 heavy (non-hydrogen) atoms. The van der Waals surface area contributed by atoms with Gasteiger partial charge in [0, 0.05) is 26.5 Å². The number of nitrogens with two attached hydrogens (primary N) is 1. The van der Waals surface area contributed by atoms with Crippen LogP contribution in [0.2, 0.25) is 0 Å². The number of imidazole rings is 1. The molecule has 2 heterocycles. The minimum Gasteiger partial charge on any atom is -0.383 e. The molecule has 2 N–H and O–H groups in total. The molecular weight excluding hydrogens is 284 g/mol. The Balaban J connectivity index is 2.23. The predicted molar refractivity (Wildman–Crippen MR) is 69.5 cm³/mol. The Morgan fingerprint density at radius 2 is 2.18 bits per heavy atom. The van der Waals surface area contributed by atoms with E-state index in [0.717, 1.165) is 11.6 Å². The molecule has 0 saturated heterocycles. The van der Waals surface area contributed by atoms with Crippen molar-refractivity contribution in [1.82, 2.24) is 19.5 Å². The topological polar surface area (TPSA) is 72.9 Å². The Morgan fingerprint density at radius 1 is 1.41 bits per heavy atom. The summed E-state index contributed by atoms with van der Waals surface area (Å²) in [7, 11) is 3.89. The van der Waals surface area contributed by atoms with Gasteiger partial charge in [0.15, 0.2) is 0 Å². The molecule has 2 aromatic rings. The SMILES string of the molecule is CN(Cc1nccn1C)c1ncnc(N)c1Br. The summed E-state index contributed by atoms with van der Waals surface area (Å²) in [5.41, 5.74) is 5.72. The van der Waals surface area contributed by atoms with Crippen molar-refractivity contribution in [2.75, 3.05) is 17.7 Å². The molecule has 7 heteroatoms. The Hall–Kier alpha value is -1.63. The van der Waals surface area contributed by atoms with Gasteiger partial charge in [-0.15, -0.1) is 0 Å². The van der Waals surface area contributed by atoms with E-state index in [9.17, 15) is 0 Å². The molecular formula is C10H13BrN6. The highest BCUT2D eigenvalue weighted by Gasteiger charge is 2.12. The molecule has 0 aromatic carbocycles. The van der Waals surface area contributed by atoms with E-state index in [1.54, 1.807) is 6.20 Å². The third-order valence-corrected chi connectivity index (χ3v) is 3.22. The molecule has 0 radical (unpaired) electrons. The van der Waals surface area contributed by atoms with Crippen molar-refractivity contribution in [3.8, 4) is 0 Å². The van der Waals surface area contributed by atoms with Gasteiger partial charge in [-0.25, -0.2) is 15.0 Å². The van der Waals surface area contributed by atoms with E-state index in [-0.39, 0.29) is 0 Å². The Morgan fingerprint density at radius 3 is 2.82 bits per heavy atom. The quantitative estimate of drug-likeness (QED) is 0.921. The van der Waals surface area contributed by atoms with E-state index in [2.05, 4.69) is 30.9 Å². The third kappa shape index (κ3) is 2.38. The fourth-order valence-corrected chi connectivity index (χ4v) is 1.98. The lowest BCUT2D eigenvalue weighted by atomic mass is 10.4. The number of halogens is 1. The Kier molecular flexibility index (Phi) is 3.28. The van der Waals surface area contributed by atoms with Gasteiger partial charge < -0.3 is 15.2 Å². The molecule has 0 aliphatic carbocycles. The predicted octanol–water partition coefficient (Wildman–Crippen LogP) is 1.19. The summed E-state index contributed by atoms with van der Waals surface area (Å²) in [5.74, 6) is 2.14. The standard InChI is InChI=1S/C10H13BrN6/c1-16-4-3-13-7(16)5-17(2)10-8(11)9(12)14-6-15-10/h3-4,6H,5H2,1-2H3,(H2,12,14,15). The van der Waals surface area contributed by atoms with Crippen LogP contribution in [0.5, 0.6) is 0 Å². The van der Waals surface area contributed by atoms with Crippen molar-refractivity contribution >= 4 is 27.6 Å². The van der Waals surface area contributed by atoms with Crippen molar-refractivity contribution in [3.05, 3.63) is 29.0 Å². The molecule has 0 amide bonds. The van der Waals surface area contributed by atoms with Crippen LogP contribution in [0.1, 0.15) is 5.82 Å². The van der Waals surface area contributed by atoms with Gasteiger partial charge in [-0.3, -0.25) is 0 Å². The fourth-order valence-electron chi connectivity index (χ4n) is 1.48. The molecule has 6 nitrogen and oxygen atoms in total. The normalized spacial score (nSPS) is 10.5. The van der Waals surface area contributed by atoms with Crippen LogP contribution in [0.3, 0.4) is 0 Å². The largest absolute Gasteiger partial charge is 0.383 e. The molecule has 2 rings (SSSR count). The lowest BCUT2D eigenvalue weighted by molar-refractivity contribution is 0.753. The molecule has 0 unspecified atom stereocenters. The molecule has 0 fully saturated rings. The van der Waals surface area contributed by atoms with Gasteiger partial charge >= 0.3 is 0 Å². The van der Waals surface area contributed by atoms with Crippen molar-refractivity contribution in [3.63, 3.8) is 0 Å². The molecule has 0 saturated carbocycles.